The molecule has 4 rings (SSSR count). The molecule has 3 aromatic carbocycles. The number of aryl methyl sites for hydroxylation is 2. The van der Waals surface area contributed by atoms with Gasteiger partial charge in [-0.1, -0.05) is 25.7 Å². The van der Waals surface area contributed by atoms with Crippen molar-refractivity contribution in [3.63, 3.8) is 0 Å². The second-order valence-electron chi connectivity index (χ2n) is 5.74. The molecule has 0 radical (unpaired) electrons. The fraction of sp³-hybridized carbons (Fsp3) is 0.227. The summed E-state index contributed by atoms with van der Waals surface area (Å²) in [6.45, 7) is 2.16. The van der Waals surface area contributed by atoms with E-state index in [1.807, 2.05) is 36.4 Å². The zero-order valence-corrected chi connectivity index (χ0v) is 18.6. The van der Waals surface area contributed by atoms with Gasteiger partial charge in [-0.15, -0.1) is 0 Å². The van der Waals surface area contributed by atoms with E-state index in [1.54, 1.807) is 11.1 Å². The summed E-state index contributed by atoms with van der Waals surface area (Å²) in [5, 5.41) is 0. The van der Waals surface area contributed by atoms with E-state index in [2.05, 4.69) is 49.4 Å². The van der Waals surface area contributed by atoms with Crippen molar-refractivity contribution in [3.8, 4) is 0 Å². The molecule has 0 aromatic heterocycles. The van der Waals surface area contributed by atoms with Crippen LogP contribution >= 0.6 is 0 Å². The maximum absolute atomic E-state index is 2.26. The molecule has 132 valence electrons. The van der Waals surface area contributed by atoms with E-state index in [-0.39, 0.29) is 24.8 Å². The van der Waals surface area contributed by atoms with Crippen LogP contribution in [0.15, 0.2) is 78.9 Å². The van der Waals surface area contributed by atoms with Gasteiger partial charge in [0.1, 0.15) is 0 Å². The standard InChI is InChI=1S/C9H11.C8H8.C5H5.2ClH.Zr/c1-2-5-9-7-3-6-8(9)4-1;1-2-8-6-4-3-5-7-8;1-2-4-5-3-1;;;/h3,6-7H,1-2,4-5H2;3-7H,1H3;1-5H;2*1H;/q-1;;-1;;;+2/p-2. The quantitative estimate of drug-likeness (QED) is 0.438. The fourth-order valence-corrected chi connectivity index (χ4v) is 3.03. The topological polar surface area (TPSA) is 0 Å². The average molecular weight is 451 g/mol. The van der Waals surface area contributed by atoms with Gasteiger partial charge in [-0.05, 0) is 0 Å². The summed E-state index contributed by atoms with van der Waals surface area (Å²) in [4.78, 5) is 0. The number of hydrogen-bond acceptors (Lipinski definition) is 0. The summed E-state index contributed by atoms with van der Waals surface area (Å²) in [6.07, 6.45) is 5.44. The van der Waals surface area contributed by atoms with Crippen molar-refractivity contribution in [1.82, 2.24) is 0 Å². The molecule has 0 aliphatic heterocycles. The Labute approximate surface area is 179 Å². The molecular weight excluding hydrogens is 426 g/mol. The van der Waals surface area contributed by atoms with Crippen LogP contribution in [0.3, 0.4) is 0 Å². The van der Waals surface area contributed by atoms with Gasteiger partial charge < -0.3 is 24.8 Å². The maximum atomic E-state index is 2.26. The Kier molecular flexibility index (Phi) is 14.0. The van der Waals surface area contributed by atoms with E-state index in [1.165, 1.54) is 58.7 Å². The maximum Gasteiger partial charge on any atom is -0.0512 e. The number of halogens is 2. The third-order valence-electron chi connectivity index (χ3n) is 3.91. The predicted molar refractivity (Wildman–Crippen MR) is 96.9 cm³/mol. The first kappa shape index (κ1) is 24.3. The van der Waals surface area contributed by atoms with E-state index in [9.17, 15) is 0 Å². The molecular formula is C22H24Cl2Zr-2. The predicted octanol–water partition coefficient (Wildman–Crippen LogP) is -0.528. The van der Waals surface area contributed by atoms with Gasteiger partial charge in [-0.2, -0.15) is 41.5 Å². The Balaban J connectivity index is 0.000000345. The Morgan fingerprint density at radius 2 is 1.48 bits per heavy atom. The summed E-state index contributed by atoms with van der Waals surface area (Å²) < 4.78 is 1.46. The third kappa shape index (κ3) is 9.50. The van der Waals surface area contributed by atoms with Crippen LogP contribution in [0, 0.1) is 0 Å². The zero-order chi connectivity index (χ0) is 16.3. The minimum Gasteiger partial charge on any atom is -1.00 e. The molecule has 0 amide bonds. The van der Waals surface area contributed by atoms with Gasteiger partial charge in [0.25, 0.3) is 0 Å². The molecule has 0 bridgehead atoms. The number of benzene rings is 1. The van der Waals surface area contributed by atoms with E-state index in [0.717, 1.165) is 0 Å². The van der Waals surface area contributed by atoms with Gasteiger partial charge >= 0.3 is 70.3 Å². The molecule has 0 saturated carbocycles. The van der Waals surface area contributed by atoms with E-state index >= 15 is 0 Å². The first-order valence-electron chi connectivity index (χ1n) is 8.28. The van der Waals surface area contributed by atoms with Crippen molar-refractivity contribution in [2.75, 3.05) is 0 Å². The van der Waals surface area contributed by atoms with E-state index in [0.29, 0.717) is 0 Å². The summed E-state index contributed by atoms with van der Waals surface area (Å²) >= 11 is 1.51. The molecule has 0 saturated heterocycles. The molecule has 1 aliphatic rings. The molecule has 0 atom stereocenters. The summed E-state index contributed by atoms with van der Waals surface area (Å²) in [5.41, 5.74) is 4.57. The van der Waals surface area contributed by atoms with Crippen molar-refractivity contribution in [2.24, 2.45) is 0 Å². The van der Waals surface area contributed by atoms with Crippen LogP contribution < -0.4 is 24.8 Å². The molecule has 0 heterocycles. The Morgan fingerprint density at radius 3 is 1.96 bits per heavy atom. The Hall–Kier alpha value is -0.747. The normalized spacial score (nSPS) is 11.2. The van der Waals surface area contributed by atoms with Crippen LogP contribution in [-0.4, -0.2) is 3.21 Å². The van der Waals surface area contributed by atoms with Crippen LogP contribution in [-0.2, 0) is 37.1 Å². The molecule has 1 aliphatic carbocycles. The van der Waals surface area contributed by atoms with Crippen molar-refractivity contribution in [1.29, 1.82) is 0 Å². The van der Waals surface area contributed by atoms with Crippen molar-refractivity contribution in [2.45, 2.75) is 32.6 Å². The molecule has 0 spiro atoms. The van der Waals surface area contributed by atoms with Crippen LogP contribution in [0.1, 0.15) is 36.5 Å². The summed E-state index contributed by atoms with van der Waals surface area (Å²) in [7, 11) is 0. The molecule has 3 aromatic rings. The Morgan fingerprint density at radius 1 is 0.840 bits per heavy atom. The van der Waals surface area contributed by atoms with E-state index in [4.69, 9.17) is 0 Å². The van der Waals surface area contributed by atoms with Crippen molar-refractivity contribution >= 4 is 3.21 Å². The molecule has 0 nitrogen and oxygen atoms in total. The molecule has 0 unspecified atom stereocenters. The van der Waals surface area contributed by atoms with Crippen molar-refractivity contribution < 1.29 is 49.0 Å². The van der Waals surface area contributed by atoms with Crippen molar-refractivity contribution in [3.05, 3.63) is 95.6 Å². The van der Waals surface area contributed by atoms with Crippen LogP contribution in [0.2, 0.25) is 0 Å². The Bertz CT molecular complexity index is 631. The fourth-order valence-electron chi connectivity index (χ4n) is 2.62. The average Bonchev–Trinajstić information content (AvgIpc) is 3.30. The molecule has 0 fully saturated rings. The third-order valence-corrected chi connectivity index (χ3v) is 4.62. The molecule has 0 N–H and O–H groups in total. The number of fused-ring (bicyclic) bond motifs is 1. The molecule has 3 heteroatoms. The zero-order valence-electron chi connectivity index (χ0n) is 14.6. The first-order valence-corrected chi connectivity index (χ1v) is 9.51. The summed E-state index contributed by atoms with van der Waals surface area (Å²) in [6, 6.07) is 27.2. The monoisotopic (exact) mass is 448 g/mol. The SMILES string of the molecule is C[C](=[Zr+2])c1ccccc1.[Cl-].[Cl-].c1cc2c([cH-]1)CCCC2.c1cc[cH-]c1. The second kappa shape index (κ2) is 14.4. The van der Waals surface area contributed by atoms with E-state index < -0.39 is 0 Å². The first-order chi connectivity index (χ1) is 11.3. The van der Waals surface area contributed by atoms with Gasteiger partial charge in [0.05, 0.1) is 0 Å². The molecule has 25 heavy (non-hydrogen) atoms. The smallest absolute Gasteiger partial charge is 0.0512 e. The van der Waals surface area contributed by atoms with Gasteiger partial charge in [0.2, 0.25) is 0 Å². The van der Waals surface area contributed by atoms with Gasteiger partial charge in [0.15, 0.2) is 0 Å². The largest absolute Gasteiger partial charge is 1.00 e. The minimum absolute atomic E-state index is 0. The van der Waals surface area contributed by atoms with Crippen LogP contribution in [0.4, 0.5) is 0 Å². The number of hydrogen-bond donors (Lipinski definition) is 0. The summed E-state index contributed by atoms with van der Waals surface area (Å²) in [5.74, 6) is 0. The minimum atomic E-state index is 0. The van der Waals surface area contributed by atoms with Crippen LogP contribution in [0.5, 0.6) is 0 Å². The second-order valence-corrected chi connectivity index (χ2v) is 7.58. The van der Waals surface area contributed by atoms with Crippen LogP contribution in [0.25, 0.3) is 0 Å². The number of rotatable bonds is 1. The van der Waals surface area contributed by atoms with Gasteiger partial charge in [-0.3, -0.25) is 0 Å². The van der Waals surface area contributed by atoms with Gasteiger partial charge in [-0.25, -0.2) is 18.2 Å². The van der Waals surface area contributed by atoms with Gasteiger partial charge in [0, 0.05) is 0 Å².